The van der Waals surface area contributed by atoms with Crippen molar-refractivity contribution in [3.8, 4) is 0 Å². The van der Waals surface area contributed by atoms with E-state index in [-0.39, 0.29) is 11.8 Å². The van der Waals surface area contributed by atoms with Gasteiger partial charge in [0.2, 0.25) is 5.91 Å². The zero-order valence-corrected chi connectivity index (χ0v) is 24.1. The van der Waals surface area contributed by atoms with Crippen molar-refractivity contribution >= 4 is 51.4 Å². The van der Waals surface area contributed by atoms with E-state index in [0.29, 0.717) is 58.5 Å². The van der Waals surface area contributed by atoms with Crippen LogP contribution in [0.3, 0.4) is 0 Å². The molecule has 0 aliphatic carbocycles. The van der Waals surface area contributed by atoms with E-state index in [4.69, 9.17) is 9.31 Å². The highest BCUT2D eigenvalue weighted by atomic mass is 32.1. The topological polar surface area (TPSA) is 76.9 Å². The van der Waals surface area contributed by atoms with Crippen LogP contribution in [0.1, 0.15) is 55.8 Å². The highest BCUT2D eigenvalue weighted by Gasteiger charge is 2.52. The lowest BCUT2D eigenvalue weighted by atomic mass is 9.75. The zero-order chi connectivity index (χ0) is 28.1. The molecule has 2 aliphatic heterocycles. The predicted octanol–water partition coefficient (Wildman–Crippen LogP) is 3.94. The Morgan fingerprint density at radius 1 is 1.18 bits per heavy atom. The average Bonchev–Trinajstić information content (AvgIpc) is 3.61. The van der Waals surface area contributed by atoms with Crippen molar-refractivity contribution in [2.45, 2.75) is 58.3 Å². The molecule has 4 heterocycles. The molecule has 8 nitrogen and oxygen atoms in total. The Bertz CT molecular complexity index is 1430. The second-order valence-electron chi connectivity index (χ2n) is 11.3. The van der Waals surface area contributed by atoms with Crippen LogP contribution in [-0.4, -0.2) is 76.9 Å². The van der Waals surface area contributed by atoms with E-state index < -0.39 is 24.1 Å². The monoisotopic (exact) mass is 552 g/mol. The summed E-state index contributed by atoms with van der Waals surface area (Å²) in [5.74, 6) is -0.591. The summed E-state index contributed by atoms with van der Waals surface area (Å²) in [5, 5.41) is 4.77. The van der Waals surface area contributed by atoms with Gasteiger partial charge in [0.15, 0.2) is 0 Å². The molecule has 0 N–H and O–H groups in total. The average molecular weight is 552 g/mol. The fourth-order valence-electron chi connectivity index (χ4n) is 4.86. The van der Waals surface area contributed by atoms with E-state index in [1.165, 1.54) is 4.90 Å². The number of thiophene rings is 1. The van der Waals surface area contributed by atoms with Crippen molar-refractivity contribution in [1.82, 2.24) is 19.6 Å². The number of halogens is 1. The van der Waals surface area contributed by atoms with E-state index >= 15 is 4.39 Å². The zero-order valence-electron chi connectivity index (χ0n) is 23.3. The van der Waals surface area contributed by atoms with Crippen molar-refractivity contribution in [2.75, 3.05) is 27.2 Å². The minimum Gasteiger partial charge on any atom is -0.399 e. The number of hydrogen-bond donors (Lipinski definition) is 0. The Hall–Kier alpha value is -3.02. The van der Waals surface area contributed by atoms with Gasteiger partial charge in [-0.25, -0.2) is 4.39 Å². The minimum absolute atomic E-state index is 0.00115. The highest BCUT2D eigenvalue weighted by molar-refractivity contribution is 7.21. The number of aryl methyl sites for hydroxylation is 1. The van der Waals surface area contributed by atoms with Crippen LogP contribution < -0.4 is 5.46 Å². The van der Waals surface area contributed by atoms with E-state index in [1.807, 2.05) is 46.0 Å². The fraction of sp³-hybridized carbons (Fsp3) is 0.464. The fourth-order valence-corrected chi connectivity index (χ4v) is 6.02. The van der Waals surface area contributed by atoms with Crippen LogP contribution in [0.4, 0.5) is 4.39 Å². The number of fused-ring (bicyclic) bond motifs is 1. The number of carbonyl (C=O) groups excluding carboxylic acids is 2. The molecule has 0 radical (unpaired) electrons. The third-order valence-corrected chi connectivity index (χ3v) is 8.98. The number of nitrogens with zero attached hydrogens (tertiary/aromatic N) is 4. The maximum Gasteiger partial charge on any atom is 0.495 e. The Labute approximate surface area is 232 Å². The van der Waals surface area contributed by atoms with Gasteiger partial charge in [-0.15, -0.1) is 11.3 Å². The molecule has 11 heteroatoms. The minimum atomic E-state index is -0.732. The predicted molar refractivity (Wildman–Crippen MR) is 152 cm³/mol. The SMILES string of the molecule is CN(C)C(=O)c1cc2c(B3OC(C)(C)C(C)(C)O3)cc(C3=CCCN(C(=O)CCn4cccn4)C3)c(F)c2s1. The van der Waals surface area contributed by atoms with Crippen molar-refractivity contribution in [1.29, 1.82) is 0 Å². The van der Waals surface area contributed by atoms with Crippen LogP contribution in [0.15, 0.2) is 36.7 Å². The number of amides is 2. The molecule has 0 unspecified atom stereocenters. The van der Waals surface area contributed by atoms with Gasteiger partial charge in [0.1, 0.15) is 5.82 Å². The van der Waals surface area contributed by atoms with Crippen LogP contribution in [0.25, 0.3) is 15.7 Å². The highest BCUT2D eigenvalue weighted by Crippen LogP contribution is 2.39. The number of benzene rings is 1. The standard InChI is InChI=1S/C28H34BFN4O4S/c1-27(2)28(3,4)38-29(37-27)21-15-19(24(30)25-20(21)16-22(39-25)26(36)32(5)6)18-9-7-12-33(17-18)23(35)10-14-34-13-8-11-31-34/h8-9,11,13,15-16H,7,10,12,14,17H2,1-6H3. The van der Waals surface area contributed by atoms with E-state index in [1.54, 1.807) is 42.0 Å². The lowest BCUT2D eigenvalue weighted by Crippen LogP contribution is -2.41. The molecule has 2 aromatic heterocycles. The molecule has 2 amide bonds. The lowest BCUT2D eigenvalue weighted by molar-refractivity contribution is -0.131. The molecular formula is C28H34BFN4O4S. The summed E-state index contributed by atoms with van der Waals surface area (Å²) in [7, 11) is 2.62. The second kappa shape index (κ2) is 10.2. The van der Waals surface area contributed by atoms with Crippen LogP contribution in [0.5, 0.6) is 0 Å². The molecule has 1 saturated heterocycles. The van der Waals surface area contributed by atoms with Gasteiger partial charge in [0.25, 0.3) is 5.91 Å². The number of carbonyl (C=O) groups is 2. The van der Waals surface area contributed by atoms with Gasteiger partial charge in [-0.1, -0.05) is 12.1 Å². The van der Waals surface area contributed by atoms with Gasteiger partial charge < -0.3 is 19.1 Å². The maximum atomic E-state index is 16.2. The van der Waals surface area contributed by atoms with E-state index in [2.05, 4.69) is 5.10 Å². The summed E-state index contributed by atoms with van der Waals surface area (Å²) in [6, 6.07) is 5.33. The van der Waals surface area contributed by atoms with Gasteiger partial charge in [-0.3, -0.25) is 14.3 Å². The van der Waals surface area contributed by atoms with Crippen molar-refractivity contribution in [2.24, 2.45) is 0 Å². The van der Waals surface area contributed by atoms with Gasteiger partial charge >= 0.3 is 7.12 Å². The Morgan fingerprint density at radius 2 is 1.90 bits per heavy atom. The molecule has 39 heavy (non-hydrogen) atoms. The van der Waals surface area contributed by atoms with E-state index in [9.17, 15) is 9.59 Å². The molecule has 0 spiro atoms. The smallest absolute Gasteiger partial charge is 0.399 e. The molecule has 3 aromatic rings. The van der Waals surface area contributed by atoms with Crippen LogP contribution in [0.2, 0.25) is 0 Å². The first-order valence-electron chi connectivity index (χ1n) is 13.2. The summed E-state index contributed by atoms with van der Waals surface area (Å²) in [6.45, 7) is 9.26. The van der Waals surface area contributed by atoms with Gasteiger partial charge in [0.05, 0.1) is 20.8 Å². The van der Waals surface area contributed by atoms with Crippen LogP contribution in [0, 0.1) is 5.82 Å². The third-order valence-electron chi connectivity index (χ3n) is 7.87. The Kier molecular flexibility index (Phi) is 7.19. The summed E-state index contributed by atoms with van der Waals surface area (Å²) >= 11 is 1.13. The summed E-state index contributed by atoms with van der Waals surface area (Å²) in [4.78, 5) is 29.5. The first-order valence-corrected chi connectivity index (χ1v) is 14.0. The normalized spacial score (nSPS) is 18.5. The summed E-state index contributed by atoms with van der Waals surface area (Å²) < 4.78 is 31.0. The summed E-state index contributed by atoms with van der Waals surface area (Å²) in [6.07, 6.45) is 6.45. The second-order valence-corrected chi connectivity index (χ2v) is 12.4. The first kappa shape index (κ1) is 27.5. The van der Waals surface area contributed by atoms with Gasteiger partial charge in [-0.05, 0) is 62.7 Å². The van der Waals surface area contributed by atoms with Crippen molar-refractivity contribution in [3.63, 3.8) is 0 Å². The van der Waals surface area contributed by atoms with Gasteiger partial charge in [0, 0.05) is 58.1 Å². The Morgan fingerprint density at radius 3 is 2.54 bits per heavy atom. The molecule has 0 saturated carbocycles. The van der Waals surface area contributed by atoms with Crippen molar-refractivity contribution < 1.29 is 23.3 Å². The molecule has 1 fully saturated rings. The molecule has 0 bridgehead atoms. The first-order chi connectivity index (χ1) is 18.4. The van der Waals surface area contributed by atoms with Crippen LogP contribution in [-0.2, 0) is 20.6 Å². The lowest BCUT2D eigenvalue weighted by Gasteiger charge is -2.32. The largest absolute Gasteiger partial charge is 0.495 e. The third kappa shape index (κ3) is 5.15. The number of hydrogen-bond acceptors (Lipinski definition) is 6. The molecule has 5 rings (SSSR count). The maximum absolute atomic E-state index is 16.2. The molecular weight excluding hydrogens is 518 g/mol. The molecule has 206 valence electrons. The van der Waals surface area contributed by atoms with Crippen molar-refractivity contribution in [3.05, 3.63) is 52.9 Å². The Balaban J connectivity index is 1.52. The summed E-state index contributed by atoms with van der Waals surface area (Å²) in [5.41, 5.74) is 0.650. The molecule has 2 aliphatic rings. The number of rotatable bonds is 6. The molecule has 1 aromatic carbocycles. The van der Waals surface area contributed by atoms with E-state index in [0.717, 1.165) is 16.9 Å². The van der Waals surface area contributed by atoms with Crippen LogP contribution >= 0.6 is 11.3 Å². The van der Waals surface area contributed by atoms with Gasteiger partial charge in [-0.2, -0.15) is 5.10 Å². The quantitative estimate of drug-likeness (QED) is 0.433. The number of aromatic nitrogens is 2. The molecule has 0 atom stereocenters.